The summed E-state index contributed by atoms with van der Waals surface area (Å²) >= 11 is 0. The quantitative estimate of drug-likeness (QED) is 0.290. The molecule has 0 aliphatic heterocycles. The molecular formula is C35H57N3O5. The summed E-state index contributed by atoms with van der Waals surface area (Å²) in [5, 5.41) is 2.70. The van der Waals surface area contributed by atoms with Gasteiger partial charge in [-0.15, -0.1) is 0 Å². The average molecular weight is 600 g/mol. The summed E-state index contributed by atoms with van der Waals surface area (Å²) in [6.07, 6.45) is 11.0. The van der Waals surface area contributed by atoms with Gasteiger partial charge in [-0.05, 0) is 76.0 Å². The van der Waals surface area contributed by atoms with E-state index in [1.165, 1.54) is 64.6 Å². The molecule has 1 atom stereocenters. The van der Waals surface area contributed by atoms with Crippen LogP contribution in [0.15, 0.2) is 51.4 Å². The highest BCUT2D eigenvalue weighted by atomic mass is 16.6. The monoisotopic (exact) mass is 599 g/mol. The van der Waals surface area contributed by atoms with Gasteiger partial charge in [0.25, 0.3) is 5.56 Å². The number of hydrogen-bond donors (Lipinski definition) is 1. The fraction of sp³-hybridized carbons (Fsp3) is 0.629. The smallest absolute Gasteiger partial charge is 0.408 e. The van der Waals surface area contributed by atoms with Crippen molar-refractivity contribution in [1.82, 2.24) is 14.5 Å². The summed E-state index contributed by atoms with van der Waals surface area (Å²) in [6, 6.07) is 7.59. The lowest BCUT2D eigenvalue weighted by molar-refractivity contribution is 0.0524. The van der Waals surface area contributed by atoms with E-state index in [1.807, 2.05) is 39.8 Å². The number of unbranched alkanes of at least 4 members (excludes halogenated alkanes) is 1. The maximum atomic E-state index is 12.0. The number of nitrogens with zero attached hydrogens (tertiary/aromatic N) is 2. The molecule has 8 heteroatoms. The van der Waals surface area contributed by atoms with Crippen LogP contribution in [0, 0.1) is 12.8 Å². The van der Waals surface area contributed by atoms with Crippen molar-refractivity contribution in [2.75, 3.05) is 13.7 Å². The molecule has 0 saturated heterocycles. The Labute approximate surface area is 259 Å². The number of carbonyl (C=O) groups is 1. The molecule has 1 unspecified atom stereocenters. The number of aromatic nitrogens is 2. The third-order valence-corrected chi connectivity index (χ3v) is 7.32. The number of methoxy groups -OCH3 is 1. The first-order chi connectivity index (χ1) is 20.2. The molecule has 1 saturated carbocycles. The second-order valence-electron chi connectivity index (χ2n) is 12.4. The number of amides is 1. The van der Waals surface area contributed by atoms with Gasteiger partial charge in [0.1, 0.15) is 11.4 Å². The van der Waals surface area contributed by atoms with Gasteiger partial charge in [0.05, 0.1) is 20.2 Å². The topological polar surface area (TPSA) is 91.6 Å². The van der Waals surface area contributed by atoms with Gasteiger partial charge in [-0.3, -0.25) is 9.36 Å². The SMILES string of the molecule is CCCCC(C)CC.CCc1cc(C)cc(Cn2c(=O)ccn(C)c2=O)c1.COC(CNC(=O)OC(C)(C)C)=C1CCC1. The minimum atomic E-state index is -0.457. The van der Waals surface area contributed by atoms with Crippen LogP contribution in [-0.4, -0.2) is 34.5 Å². The summed E-state index contributed by atoms with van der Waals surface area (Å²) < 4.78 is 13.1. The molecule has 0 radical (unpaired) electrons. The van der Waals surface area contributed by atoms with E-state index in [4.69, 9.17) is 9.47 Å². The largest absolute Gasteiger partial charge is 0.499 e. The third-order valence-electron chi connectivity index (χ3n) is 7.32. The Kier molecular flexibility index (Phi) is 16.7. The average Bonchev–Trinajstić information content (AvgIpc) is 2.92. The Hall–Kier alpha value is -3.29. The van der Waals surface area contributed by atoms with E-state index in [0.717, 1.165) is 42.1 Å². The first kappa shape index (κ1) is 37.7. The highest BCUT2D eigenvalue weighted by Gasteiger charge is 2.19. The van der Waals surface area contributed by atoms with Crippen LogP contribution >= 0.6 is 0 Å². The second-order valence-corrected chi connectivity index (χ2v) is 12.4. The normalized spacial score (nSPS) is 12.9. The van der Waals surface area contributed by atoms with Crippen molar-refractivity contribution in [3.05, 3.63) is 79.3 Å². The van der Waals surface area contributed by atoms with E-state index in [-0.39, 0.29) is 11.2 Å². The fourth-order valence-corrected chi connectivity index (χ4v) is 4.38. The van der Waals surface area contributed by atoms with Crippen molar-refractivity contribution in [2.45, 2.75) is 119 Å². The minimum absolute atomic E-state index is 0.261. The molecule has 3 rings (SSSR count). The van der Waals surface area contributed by atoms with Gasteiger partial charge in [0.2, 0.25) is 0 Å². The van der Waals surface area contributed by atoms with Gasteiger partial charge in [-0.1, -0.05) is 77.1 Å². The van der Waals surface area contributed by atoms with Crippen molar-refractivity contribution >= 4 is 6.09 Å². The zero-order valence-electron chi connectivity index (χ0n) is 28.5. The summed E-state index contributed by atoms with van der Waals surface area (Å²) in [7, 11) is 3.28. The molecule has 1 aromatic carbocycles. The standard InChI is InChI=1S/C15H18N2O2.C12H21NO3.C8H18/c1-4-12-7-11(2)8-13(9-12)10-17-14(18)5-6-16(3)15(17)19;1-12(2,3)16-11(14)13-8-10(15-4)9-6-5-7-9;1-4-6-7-8(3)5-2/h5-9H,4,10H2,1-3H3;5-8H2,1-4H3,(H,13,14);8H,4-7H2,1-3H3. The molecule has 1 fully saturated rings. The van der Waals surface area contributed by atoms with Crippen LogP contribution in [-0.2, 0) is 29.5 Å². The van der Waals surface area contributed by atoms with E-state index in [0.29, 0.717) is 13.1 Å². The first-order valence-electron chi connectivity index (χ1n) is 15.8. The lowest BCUT2D eigenvalue weighted by Crippen LogP contribution is -2.38. The molecule has 242 valence electrons. The van der Waals surface area contributed by atoms with Crippen LogP contribution in [0.3, 0.4) is 0 Å². The Bertz CT molecular complexity index is 1280. The molecule has 1 aliphatic rings. The summed E-state index contributed by atoms with van der Waals surface area (Å²) in [6.45, 7) is 17.2. The van der Waals surface area contributed by atoms with E-state index < -0.39 is 11.7 Å². The predicted molar refractivity (Wildman–Crippen MR) is 177 cm³/mol. The molecule has 1 heterocycles. The van der Waals surface area contributed by atoms with Gasteiger partial charge < -0.3 is 19.4 Å². The number of carbonyl (C=O) groups excluding carboxylic acids is 1. The van der Waals surface area contributed by atoms with Gasteiger partial charge in [0, 0.05) is 19.3 Å². The molecule has 2 aromatic rings. The lowest BCUT2D eigenvalue weighted by atomic mass is 9.91. The van der Waals surface area contributed by atoms with Crippen LogP contribution in [0.2, 0.25) is 0 Å². The van der Waals surface area contributed by atoms with Crippen LogP contribution in [0.25, 0.3) is 0 Å². The zero-order chi connectivity index (χ0) is 32.6. The van der Waals surface area contributed by atoms with Crippen LogP contribution < -0.4 is 16.6 Å². The minimum Gasteiger partial charge on any atom is -0.499 e. The van der Waals surface area contributed by atoms with E-state index >= 15 is 0 Å². The molecule has 1 aromatic heterocycles. The molecule has 1 amide bonds. The summed E-state index contributed by atoms with van der Waals surface area (Å²) in [5.41, 5.74) is 3.66. The fourth-order valence-electron chi connectivity index (χ4n) is 4.38. The Morgan fingerprint density at radius 1 is 1.07 bits per heavy atom. The van der Waals surface area contributed by atoms with E-state index in [9.17, 15) is 14.4 Å². The highest BCUT2D eigenvalue weighted by Crippen LogP contribution is 2.28. The van der Waals surface area contributed by atoms with E-state index in [2.05, 4.69) is 39.1 Å². The molecular weight excluding hydrogens is 542 g/mol. The summed E-state index contributed by atoms with van der Waals surface area (Å²) in [5.74, 6) is 1.83. The van der Waals surface area contributed by atoms with Crippen molar-refractivity contribution in [3.63, 3.8) is 0 Å². The predicted octanol–water partition coefficient (Wildman–Crippen LogP) is 7.28. The van der Waals surface area contributed by atoms with Crippen molar-refractivity contribution in [3.8, 4) is 0 Å². The van der Waals surface area contributed by atoms with Crippen LogP contribution in [0.5, 0.6) is 0 Å². The number of nitrogens with one attached hydrogen (secondary N) is 1. The number of rotatable bonds is 10. The Morgan fingerprint density at radius 2 is 1.72 bits per heavy atom. The number of allylic oxidation sites excluding steroid dienone is 1. The molecule has 0 bridgehead atoms. The van der Waals surface area contributed by atoms with E-state index in [1.54, 1.807) is 14.2 Å². The number of hydrogen-bond acceptors (Lipinski definition) is 5. The van der Waals surface area contributed by atoms with Crippen LogP contribution in [0.1, 0.15) is 110 Å². The number of ether oxygens (including phenoxy) is 2. The van der Waals surface area contributed by atoms with Gasteiger partial charge in [-0.25, -0.2) is 9.59 Å². The van der Waals surface area contributed by atoms with Crippen LogP contribution in [0.4, 0.5) is 4.79 Å². The lowest BCUT2D eigenvalue weighted by Gasteiger charge is -2.23. The number of alkyl carbamates (subject to hydrolysis) is 1. The molecule has 43 heavy (non-hydrogen) atoms. The van der Waals surface area contributed by atoms with Crippen molar-refractivity contribution in [2.24, 2.45) is 13.0 Å². The summed E-state index contributed by atoms with van der Waals surface area (Å²) in [4.78, 5) is 35.1. The van der Waals surface area contributed by atoms with Gasteiger partial charge in [-0.2, -0.15) is 0 Å². The maximum Gasteiger partial charge on any atom is 0.408 e. The maximum absolute atomic E-state index is 12.0. The van der Waals surface area contributed by atoms with Gasteiger partial charge >= 0.3 is 11.8 Å². The first-order valence-corrected chi connectivity index (χ1v) is 15.8. The second kappa shape index (κ2) is 19.1. The Balaban J connectivity index is 0.000000350. The number of benzene rings is 1. The number of aryl methyl sites for hydroxylation is 3. The molecule has 0 spiro atoms. The van der Waals surface area contributed by atoms with Gasteiger partial charge in [0.15, 0.2) is 0 Å². The van der Waals surface area contributed by atoms with Crippen molar-refractivity contribution < 1.29 is 14.3 Å². The van der Waals surface area contributed by atoms with Crippen molar-refractivity contribution in [1.29, 1.82) is 0 Å². The highest BCUT2D eigenvalue weighted by molar-refractivity contribution is 5.68. The Morgan fingerprint density at radius 3 is 2.23 bits per heavy atom. The molecule has 1 aliphatic carbocycles. The molecule has 8 nitrogen and oxygen atoms in total. The third kappa shape index (κ3) is 14.6. The zero-order valence-corrected chi connectivity index (χ0v) is 28.5. The molecule has 1 N–H and O–H groups in total.